The first-order valence-corrected chi connectivity index (χ1v) is 17.6. The van der Waals surface area contributed by atoms with E-state index in [0.29, 0.717) is 52.1 Å². The molecule has 1 heterocycles. The van der Waals surface area contributed by atoms with Crippen molar-refractivity contribution >= 4 is 44.1 Å². The molecule has 247 valence electrons. The van der Waals surface area contributed by atoms with Crippen LogP contribution in [-0.2, 0) is 51.3 Å². The Morgan fingerprint density at radius 1 is 0.548 bits per heavy atom. The molecular weight excluding hydrogens is 636 g/mol. The van der Waals surface area contributed by atoms with E-state index in [9.17, 15) is 19.2 Å². The fraction of sp³-hybridized carbons (Fsp3) is 0.846. The van der Waals surface area contributed by atoms with Crippen molar-refractivity contribution < 1.29 is 51.3 Å². The molecule has 0 spiro atoms. The molecule has 0 aromatic heterocycles. The van der Waals surface area contributed by atoms with Crippen molar-refractivity contribution in [3.05, 3.63) is 0 Å². The number of carbonyl (C=O) groups is 4. The van der Waals surface area contributed by atoms with Gasteiger partial charge >= 0.3 is 57.2 Å². The molecule has 13 nitrogen and oxygen atoms in total. The zero-order chi connectivity index (χ0) is 31.6. The number of halogens is 2. The van der Waals surface area contributed by atoms with Crippen LogP contribution in [0.1, 0.15) is 53.4 Å². The zero-order valence-corrected chi connectivity index (χ0v) is 27.8. The standard InChI is InChI=1S/C26H49N5O8.2ClH.Mn/c1-5-23(32)36-15-19-11-27-9-10-28-20(16-37-24(33)6-2)12-30-22(18-39-26(35)8-4)14-31-21(13-29-19)17-38-25(34)7-3;;;/h19-22,27-31H,5-18H2,1-4H3;2*1H;/q;;;+2/p-2/t19-,20-,21-,22-;;;/m0.../s1. The first-order chi connectivity index (χ1) is 20.2. The van der Waals surface area contributed by atoms with E-state index in [4.69, 9.17) is 39.1 Å². The van der Waals surface area contributed by atoms with Crippen LogP contribution in [0, 0.1) is 0 Å². The molecule has 0 aliphatic carbocycles. The van der Waals surface area contributed by atoms with E-state index in [-0.39, 0.29) is 100 Å². The fourth-order valence-corrected chi connectivity index (χ4v) is 3.51. The molecule has 42 heavy (non-hydrogen) atoms. The van der Waals surface area contributed by atoms with Gasteiger partial charge < -0.3 is 45.5 Å². The Balaban J connectivity index is 0.00000535. The molecule has 0 amide bonds. The monoisotopic (exact) mass is 684 g/mol. The number of rotatable bonds is 12. The normalized spacial score (nSPS) is 22.2. The van der Waals surface area contributed by atoms with E-state index in [1.54, 1.807) is 27.7 Å². The molecule has 1 fully saturated rings. The quantitative estimate of drug-likeness (QED) is 0.110. The average Bonchev–Trinajstić information content (AvgIpc) is 3.00. The number of nitrogens with one attached hydrogen (secondary N) is 5. The van der Waals surface area contributed by atoms with Crippen LogP contribution in [0.15, 0.2) is 0 Å². The minimum atomic E-state index is -0.301. The zero-order valence-electron chi connectivity index (χ0n) is 25.1. The van der Waals surface area contributed by atoms with Crippen molar-refractivity contribution in [2.75, 3.05) is 65.7 Å². The van der Waals surface area contributed by atoms with E-state index in [2.05, 4.69) is 26.6 Å². The predicted molar refractivity (Wildman–Crippen MR) is 157 cm³/mol. The summed E-state index contributed by atoms with van der Waals surface area (Å²) in [6.45, 7) is 10.8. The Kier molecular flexibility index (Phi) is 26.5. The summed E-state index contributed by atoms with van der Waals surface area (Å²) in [4.78, 5) is 47.1. The van der Waals surface area contributed by atoms with Crippen LogP contribution in [0.3, 0.4) is 0 Å². The van der Waals surface area contributed by atoms with Crippen LogP contribution in [0.2, 0.25) is 0 Å². The Hall–Kier alpha value is -1.22. The van der Waals surface area contributed by atoms with E-state index < -0.39 is 0 Å². The summed E-state index contributed by atoms with van der Waals surface area (Å²) < 4.78 is 21.5. The SMILES string of the molecule is CCC(=O)OC[C@@H]1CNCCN[C@H](COC(=O)CC)CN[C@H](COC(=O)CC)CN[C@H](COC(=O)CC)CN1.[Cl][Mn][Cl]. The van der Waals surface area contributed by atoms with Crippen LogP contribution in [0.25, 0.3) is 0 Å². The van der Waals surface area contributed by atoms with E-state index in [0.717, 1.165) is 0 Å². The fourth-order valence-electron chi connectivity index (χ4n) is 3.51. The Morgan fingerprint density at radius 2 is 0.833 bits per heavy atom. The van der Waals surface area contributed by atoms with Crippen LogP contribution in [0.4, 0.5) is 0 Å². The summed E-state index contributed by atoms with van der Waals surface area (Å²) >= 11 is 0.00694. The molecule has 16 heteroatoms. The molecule has 0 saturated carbocycles. The number of esters is 4. The van der Waals surface area contributed by atoms with Gasteiger partial charge in [0.15, 0.2) is 0 Å². The van der Waals surface area contributed by atoms with Gasteiger partial charge in [0.05, 0.1) is 24.2 Å². The van der Waals surface area contributed by atoms with Crippen molar-refractivity contribution in [2.24, 2.45) is 0 Å². The molecule has 0 radical (unpaired) electrons. The van der Waals surface area contributed by atoms with Crippen molar-refractivity contribution in [2.45, 2.75) is 77.5 Å². The second-order valence-corrected chi connectivity index (χ2v) is 11.3. The van der Waals surface area contributed by atoms with Gasteiger partial charge in [0.1, 0.15) is 26.4 Å². The molecule has 1 rings (SSSR count). The average molecular weight is 686 g/mol. The molecule has 5 N–H and O–H groups in total. The number of hydrogen-bond acceptors (Lipinski definition) is 13. The Morgan fingerprint density at radius 3 is 1.14 bits per heavy atom. The molecule has 0 aromatic rings. The molecule has 1 aliphatic heterocycles. The van der Waals surface area contributed by atoms with Gasteiger partial charge in [0.25, 0.3) is 0 Å². The maximum atomic E-state index is 11.8. The molecular formula is C26H49Cl2MnN5O8. The van der Waals surface area contributed by atoms with Crippen molar-refractivity contribution in [3.8, 4) is 0 Å². The number of ether oxygens (including phenoxy) is 4. The van der Waals surface area contributed by atoms with Crippen molar-refractivity contribution in [1.82, 2.24) is 26.6 Å². The van der Waals surface area contributed by atoms with Gasteiger partial charge in [0.2, 0.25) is 0 Å². The van der Waals surface area contributed by atoms with Gasteiger partial charge in [-0.05, 0) is 0 Å². The van der Waals surface area contributed by atoms with Crippen LogP contribution in [0.5, 0.6) is 0 Å². The second kappa shape index (κ2) is 27.3. The molecule has 0 bridgehead atoms. The van der Waals surface area contributed by atoms with E-state index in [1.807, 2.05) is 0 Å². The third-order valence-electron chi connectivity index (χ3n) is 6.02. The first kappa shape index (κ1) is 40.8. The third-order valence-corrected chi connectivity index (χ3v) is 6.02. The third kappa shape index (κ3) is 22.3. The molecule has 4 atom stereocenters. The van der Waals surface area contributed by atoms with Crippen molar-refractivity contribution in [1.29, 1.82) is 0 Å². The summed E-state index contributed by atoms with van der Waals surface area (Å²) in [5, 5.41) is 17.0. The van der Waals surface area contributed by atoms with Crippen LogP contribution >= 0.6 is 20.2 Å². The molecule has 1 aliphatic rings. The van der Waals surface area contributed by atoms with E-state index in [1.165, 1.54) is 0 Å². The molecule has 0 aromatic carbocycles. The van der Waals surface area contributed by atoms with E-state index >= 15 is 0 Å². The molecule has 0 unspecified atom stereocenters. The number of carbonyl (C=O) groups excluding carboxylic acids is 4. The number of hydrogen-bond donors (Lipinski definition) is 5. The Bertz CT molecular complexity index is 701. The van der Waals surface area contributed by atoms with Gasteiger partial charge in [-0.15, -0.1) is 0 Å². The van der Waals surface area contributed by atoms with Gasteiger partial charge in [-0.25, -0.2) is 0 Å². The summed E-state index contributed by atoms with van der Waals surface area (Å²) in [6.07, 6.45) is 1.13. The summed E-state index contributed by atoms with van der Waals surface area (Å²) in [7, 11) is 9.59. The molecule has 1 saturated heterocycles. The van der Waals surface area contributed by atoms with Crippen molar-refractivity contribution in [3.63, 3.8) is 0 Å². The maximum absolute atomic E-state index is 11.8. The van der Waals surface area contributed by atoms with Crippen LogP contribution < -0.4 is 26.6 Å². The summed E-state index contributed by atoms with van der Waals surface area (Å²) in [5.74, 6) is -1.16. The topological polar surface area (TPSA) is 165 Å². The second-order valence-electron chi connectivity index (χ2n) is 9.37. The predicted octanol–water partition coefficient (Wildman–Crippen LogP) is 0.612. The van der Waals surface area contributed by atoms with Gasteiger partial charge in [-0.3, -0.25) is 19.2 Å². The van der Waals surface area contributed by atoms with Crippen LogP contribution in [-0.4, -0.2) is 114 Å². The first-order valence-electron chi connectivity index (χ1n) is 14.4. The van der Waals surface area contributed by atoms with Gasteiger partial charge in [0, 0.05) is 65.0 Å². The summed E-state index contributed by atoms with van der Waals surface area (Å²) in [6, 6.07) is -0.837. The Labute approximate surface area is 264 Å². The van der Waals surface area contributed by atoms with Gasteiger partial charge in [-0.1, -0.05) is 27.7 Å². The minimum absolute atomic E-state index is 0.00694. The van der Waals surface area contributed by atoms with Gasteiger partial charge in [-0.2, -0.15) is 0 Å². The summed E-state index contributed by atoms with van der Waals surface area (Å²) in [5.41, 5.74) is 0.